The Bertz CT molecular complexity index is 730. The van der Waals surface area contributed by atoms with Crippen molar-refractivity contribution in [1.29, 1.82) is 0 Å². The summed E-state index contributed by atoms with van der Waals surface area (Å²) in [6.45, 7) is 0.725. The number of carbonyl (C=O) groups is 1. The van der Waals surface area contributed by atoms with Gasteiger partial charge < -0.3 is 14.8 Å². The lowest BCUT2D eigenvalue weighted by atomic mass is 10.1. The maximum atomic E-state index is 12.1. The summed E-state index contributed by atoms with van der Waals surface area (Å²) in [5, 5.41) is 2.86. The van der Waals surface area contributed by atoms with Gasteiger partial charge in [-0.1, -0.05) is 18.9 Å². The Morgan fingerprint density at radius 2 is 1.85 bits per heavy atom. The SMILES string of the molecule is COc1ccc(CCNC(=O)CCN(C2CCCC2)S(C)(=O)=O)cc1OC. The number of benzene rings is 1. The molecule has 1 aromatic rings. The zero-order valence-electron chi connectivity index (χ0n) is 16.4. The van der Waals surface area contributed by atoms with Gasteiger partial charge in [0.2, 0.25) is 15.9 Å². The van der Waals surface area contributed by atoms with Gasteiger partial charge in [-0.15, -0.1) is 0 Å². The first-order valence-electron chi connectivity index (χ1n) is 9.29. The van der Waals surface area contributed by atoms with Crippen molar-refractivity contribution in [3.63, 3.8) is 0 Å². The monoisotopic (exact) mass is 398 g/mol. The Morgan fingerprint density at radius 3 is 2.44 bits per heavy atom. The summed E-state index contributed by atoms with van der Waals surface area (Å²) in [5.41, 5.74) is 1.02. The van der Waals surface area contributed by atoms with Gasteiger partial charge >= 0.3 is 0 Å². The van der Waals surface area contributed by atoms with Crippen LogP contribution in [-0.2, 0) is 21.2 Å². The molecule has 1 aliphatic rings. The van der Waals surface area contributed by atoms with E-state index >= 15 is 0 Å². The quantitative estimate of drug-likeness (QED) is 0.651. The van der Waals surface area contributed by atoms with E-state index in [-0.39, 0.29) is 24.9 Å². The molecule has 1 aliphatic carbocycles. The first-order valence-corrected chi connectivity index (χ1v) is 11.1. The molecule has 27 heavy (non-hydrogen) atoms. The number of methoxy groups -OCH3 is 2. The third-order valence-electron chi connectivity index (χ3n) is 4.90. The summed E-state index contributed by atoms with van der Waals surface area (Å²) < 4.78 is 36.0. The van der Waals surface area contributed by atoms with Crippen molar-refractivity contribution in [2.45, 2.75) is 44.6 Å². The predicted octanol–water partition coefficient (Wildman–Crippen LogP) is 1.96. The van der Waals surface area contributed by atoms with Gasteiger partial charge in [-0.2, -0.15) is 4.31 Å². The Labute approximate surface area is 162 Å². The van der Waals surface area contributed by atoms with Crippen molar-refractivity contribution >= 4 is 15.9 Å². The molecule has 0 radical (unpaired) electrons. The van der Waals surface area contributed by atoms with Gasteiger partial charge in [0, 0.05) is 25.6 Å². The molecule has 0 spiro atoms. The smallest absolute Gasteiger partial charge is 0.221 e. The molecule has 152 valence electrons. The van der Waals surface area contributed by atoms with Crippen LogP contribution >= 0.6 is 0 Å². The van der Waals surface area contributed by atoms with Crippen LogP contribution in [0, 0.1) is 0 Å². The van der Waals surface area contributed by atoms with E-state index < -0.39 is 10.0 Å². The van der Waals surface area contributed by atoms with E-state index in [1.165, 1.54) is 10.6 Å². The van der Waals surface area contributed by atoms with Crippen molar-refractivity contribution in [1.82, 2.24) is 9.62 Å². The summed E-state index contributed by atoms with van der Waals surface area (Å²) in [4.78, 5) is 12.1. The molecule has 0 aliphatic heterocycles. The van der Waals surface area contributed by atoms with E-state index in [0.29, 0.717) is 24.5 Å². The van der Waals surface area contributed by atoms with E-state index in [9.17, 15) is 13.2 Å². The minimum atomic E-state index is -3.29. The fourth-order valence-corrected chi connectivity index (χ4v) is 4.67. The van der Waals surface area contributed by atoms with Gasteiger partial charge in [0.05, 0.1) is 20.5 Å². The Morgan fingerprint density at radius 1 is 1.19 bits per heavy atom. The van der Waals surface area contributed by atoms with Gasteiger partial charge in [0.1, 0.15) is 0 Å². The van der Waals surface area contributed by atoms with Crippen LogP contribution in [0.3, 0.4) is 0 Å². The van der Waals surface area contributed by atoms with Crippen LogP contribution in [0.4, 0.5) is 0 Å². The van der Waals surface area contributed by atoms with Crippen molar-refractivity contribution in [2.75, 3.05) is 33.6 Å². The molecule has 1 N–H and O–H groups in total. The molecule has 2 rings (SSSR count). The number of nitrogens with zero attached hydrogens (tertiary/aromatic N) is 1. The lowest BCUT2D eigenvalue weighted by Gasteiger charge is -2.26. The van der Waals surface area contributed by atoms with Gasteiger partial charge in [0.15, 0.2) is 11.5 Å². The average Bonchev–Trinajstić information content (AvgIpc) is 3.14. The average molecular weight is 399 g/mol. The van der Waals surface area contributed by atoms with Crippen molar-refractivity contribution < 1.29 is 22.7 Å². The fraction of sp³-hybridized carbons (Fsp3) is 0.632. The normalized spacial score (nSPS) is 15.1. The largest absolute Gasteiger partial charge is 0.493 e. The molecule has 0 atom stereocenters. The third-order valence-corrected chi connectivity index (χ3v) is 6.23. The zero-order valence-corrected chi connectivity index (χ0v) is 17.2. The number of nitrogens with one attached hydrogen (secondary N) is 1. The number of rotatable bonds is 10. The highest BCUT2D eigenvalue weighted by molar-refractivity contribution is 7.88. The highest BCUT2D eigenvalue weighted by atomic mass is 32.2. The first kappa shape index (κ1) is 21.5. The molecular weight excluding hydrogens is 368 g/mol. The van der Waals surface area contributed by atoms with Crippen LogP contribution in [0.2, 0.25) is 0 Å². The Balaban J connectivity index is 1.80. The van der Waals surface area contributed by atoms with Crippen LogP contribution < -0.4 is 14.8 Å². The van der Waals surface area contributed by atoms with E-state index in [2.05, 4.69) is 5.32 Å². The van der Waals surface area contributed by atoms with Gasteiger partial charge in [0.25, 0.3) is 0 Å². The molecular formula is C19H30N2O5S. The highest BCUT2D eigenvalue weighted by Crippen LogP contribution is 2.27. The van der Waals surface area contributed by atoms with E-state index in [0.717, 1.165) is 31.2 Å². The third kappa shape index (κ3) is 6.39. The number of ether oxygens (including phenoxy) is 2. The van der Waals surface area contributed by atoms with Gasteiger partial charge in [-0.05, 0) is 37.0 Å². The standard InChI is InChI=1S/C19H30N2O5S/c1-25-17-9-8-15(14-18(17)26-2)10-12-20-19(22)11-13-21(27(3,23)24)16-6-4-5-7-16/h8-9,14,16H,4-7,10-13H2,1-3H3,(H,20,22). The minimum absolute atomic E-state index is 0.0413. The molecule has 0 saturated heterocycles. The van der Waals surface area contributed by atoms with Gasteiger partial charge in [-0.25, -0.2) is 8.42 Å². The van der Waals surface area contributed by atoms with Gasteiger partial charge in [-0.3, -0.25) is 4.79 Å². The molecule has 1 fully saturated rings. The number of sulfonamides is 1. The first-order chi connectivity index (χ1) is 12.8. The predicted molar refractivity (Wildman–Crippen MR) is 105 cm³/mol. The second-order valence-electron chi connectivity index (χ2n) is 6.85. The van der Waals surface area contributed by atoms with Crippen LogP contribution in [0.15, 0.2) is 18.2 Å². The lowest BCUT2D eigenvalue weighted by molar-refractivity contribution is -0.121. The van der Waals surface area contributed by atoms with Crippen molar-refractivity contribution in [3.05, 3.63) is 23.8 Å². The van der Waals surface area contributed by atoms with Crippen LogP contribution in [0.5, 0.6) is 11.5 Å². The summed E-state index contributed by atoms with van der Waals surface area (Å²) in [6, 6.07) is 5.69. The van der Waals surface area contributed by atoms with Crippen LogP contribution in [-0.4, -0.2) is 58.2 Å². The molecule has 0 heterocycles. The van der Waals surface area contributed by atoms with E-state index in [1.807, 2.05) is 18.2 Å². The zero-order chi connectivity index (χ0) is 19.9. The van der Waals surface area contributed by atoms with E-state index in [1.54, 1.807) is 14.2 Å². The Kier molecular flexibility index (Phi) is 7.91. The minimum Gasteiger partial charge on any atom is -0.493 e. The molecule has 1 saturated carbocycles. The molecule has 7 nitrogen and oxygen atoms in total. The topological polar surface area (TPSA) is 84.9 Å². The molecule has 0 aromatic heterocycles. The van der Waals surface area contributed by atoms with Crippen molar-refractivity contribution in [2.24, 2.45) is 0 Å². The summed E-state index contributed by atoms with van der Waals surface area (Å²) in [5.74, 6) is 1.18. The van der Waals surface area contributed by atoms with E-state index in [4.69, 9.17) is 9.47 Å². The van der Waals surface area contributed by atoms with Crippen LogP contribution in [0.25, 0.3) is 0 Å². The summed E-state index contributed by atoms with van der Waals surface area (Å²) in [6.07, 6.45) is 5.92. The number of carbonyl (C=O) groups excluding carboxylic acids is 1. The maximum absolute atomic E-state index is 12.1. The number of hydrogen-bond acceptors (Lipinski definition) is 5. The van der Waals surface area contributed by atoms with Crippen molar-refractivity contribution in [3.8, 4) is 11.5 Å². The molecule has 0 bridgehead atoms. The molecule has 1 aromatic carbocycles. The highest BCUT2D eigenvalue weighted by Gasteiger charge is 2.29. The Hall–Kier alpha value is -1.80. The summed E-state index contributed by atoms with van der Waals surface area (Å²) in [7, 11) is -0.123. The molecule has 1 amide bonds. The molecule has 0 unspecified atom stereocenters. The van der Waals surface area contributed by atoms with Crippen LogP contribution in [0.1, 0.15) is 37.7 Å². The maximum Gasteiger partial charge on any atom is 0.221 e. The number of hydrogen-bond donors (Lipinski definition) is 1. The second-order valence-corrected chi connectivity index (χ2v) is 8.79. The second kappa shape index (κ2) is 9.94. The lowest BCUT2D eigenvalue weighted by Crippen LogP contribution is -2.40. The number of amides is 1. The molecule has 8 heteroatoms. The fourth-order valence-electron chi connectivity index (χ4n) is 3.49. The summed E-state index contributed by atoms with van der Waals surface area (Å²) >= 11 is 0.